The van der Waals surface area contributed by atoms with E-state index in [4.69, 9.17) is 16.3 Å². The number of halogens is 4. The van der Waals surface area contributed by atoms with Crippen molar-refractivity contribution in [2.24, 2.45) is 0 Å². The van der Waals surface area contributed by atoms with Gasteiger partial charge >= 0.3 is 0 Å². The van der Waals surface area contributed by atoms with E-state index < -0.39 is 50.2 Å². The maximum atomic E-state index is 13.4. The number of ether oxygens (including phenoxy) is 1. The van der Waals surface area contributed by atoms with Gasteiger partial charge in [0.1, 0.15) is 11.6 Å². The molecule has 2 N–H and O–H groups in total. The molecule has 0 aliphatic heterocycles. The fourth-order valence-corrected chi connectivity index (χ4v) is 5.98. The molecule has 1 amide bonds. The van der Waals surface area contributed by atoms with Gasteiger partial charge in [-0.3, -0.25) is 4.79 Å². The van der Waals surface area contributed by atoms with Crippen molar-refractivity contribution < 1.29 is 31.1 Å². The fourth-order valence-electron chi connectivity index (χ4n) is 4.29. The molecule has 0 radical (unpaired) electrons. The van der Waals surface area contributed by atoms with Gasteiger partial charge in [-0.25, -0.2) is 26.3 Å². The molecule has 0 saturated heterocycles. The average molecular weight is 475 g/mol. The van der Waals surface area contributed by atoms with Crippen LogP contribution in [0.5, 0.6) is 5.75 Å². The number of amides is 1. The second kappa shape index (κ2) is 7.68. The zero-order valence-corrected chi connectivity index (χ0v) is 17.6. The van der Waals surface area contributed by atoms with Gasteiger partial charge in [-0.2, -0.15) is 0 Å². The van der Waals surface area contributed by atoms with Gasteiger partial charge in [0.2, 0.25) is 10.0 Å². The van der Waals surface area contributed by atoms with E-state index in [2.05, 4.69) is 10.0 Å². The van der Waals surface area contributed by atoms with Gasteiger partial charge in [0, 0.05) is 17.1 Å². The number of benzene rings is 2. The zero-order chi connectivity index (χ0) is 22.4. The van der Waals surface area contributed by atoms with E-state index in [9.17, 15) is 26.4 Å². The van der Waals surface area contributed by atoms with E-state index in [1.165, 1.54) is 18.2 Å². The van der Waals surface area contributed by atoms with Gasteiger partial charge in [0.05, 0.1) is 10.8 Å². The molecule has 31 heavy (non-hydrogen) atoms. The molecule has 11 heteroatoms. The summed E-state index contributed by atoms with van der Waals surface area (Å²) in [6.07, 6.45) is 1.25. The number of carbonyl (C=O) groups excluding carboxylic acids is 1. The Kier molecular flexibility index (Phi) is 5.43. The number of nitrogens with one attached hydrogen (secondary N) is 2. The Morgan fingerprint density at radius 3 is 2.35 bits per heavy atom. The molecule has 6 nitrogen and oxygen atoms in total. The van der Waals surface area contributed by atoms with Gasteiger partial charge < -0.3 is 10.1 Å². The van der Waals surface area contributed by atoms with Gasteiger partial charge in [-0.15, -0.1) is 0 Å². The molecule has 3 aliphatic carbocycles. The van der Waals surface area contributed by atoms with Crippen LogP contribution < -0.4 is 14.8 Å². The van der Waals surface area contributed by atoms with Crippen LogP contribution in [0.4, 0.5) is 13.2 Å². The lowest BCUT2D eigenvalue weighted by atomic mass is 9.44. The van der Waals surface area contributed by atoms with Gasteiger partial charge in [0.15, 0.2) is 18.2 Å². The van der Waals surface area contributed by atoms with E-state index in [0.717, 1.165) is 18.2 Å². The second-order valence-corrected chi connectivity index (χ2v) is 10.2. The van der Waals surface area contributed by atoms with Crippen LogP contribution in [-0.2, 0) is 20.6 Å². The van der Waals surface area contributed by atoms with Crippen molar-refractivity contribution in [3.05, 3.63) is 64.4 Å². The molecule has 3 saturated carbocycles. The molecule has 0 heterocycles. The summed E-state index contributed by atoms with van der Waals surface area (Å²) in [5.74, 6) is -3.53. The lowest BCUT2D eigenvalue weighted by Gasteiger charge is -2.70. The van der Waals surface area contributed by atoms with Crippen LogP contribution in [-0.4, -0.2) is 32.0 Å². The minimum absolute atomic E-state index is 0.0528. The van der Waals surface area contributed by atoms with Crippen LogP contribution >= 0.6 is 11.6 Å². The van der Waals surface area contributed by atoms with Crippen LogP contribution in [0, 0.1) is 17.5 Å². The molecule has 0 atom stereocenters. The lowest BCUT2D eigenvalue weighted by molar-refractivity contribution is -0.139. The Bertz CT molecular complexity index is 1140. The van der Waals surface area contributed by atoms with Gasteiger partial charge in [-0.1, -0.05) is 17.7 Å². The number of hydrogen-bond donors (Lipinski definition) is 2. The van der Waals surface area contributed by atoms with E-state index in [1.54, 1.807) is 0 Å². The summed E-state index contributed by atoms with van der Waals surface area (Å²) in [7, 11) is -3.78. The SMILES string of the molecule is O=C(COc1ccc(Cl)c(F)c1)NC12CC(NS(=O)(=O)Cc3ccc(F)c(F)c3)(C1)C2. The zero-order valence-electron chi connectivity index (χ0n) is 16.1. The number of carbonyl (C=O) groups is 1. The molecule has 2 bridgehead atoms. The molecular formula is C20H18ClF3N2O4S. The summed E-state index contributed by atoms with van der Waals surface area (Å²) < 4.78 is 72.3. The minimum atomic E-state index is -3.78. The summed E-state index contributed by atoms with van der Waals surface area (Å²) in [4.78, 5) is 12.1. The van der Waals surface area contributed by atoms with Crippen molar-refractivity contribution in [2.45, 2.75) is 36.1 Å². The largest absolute Gasteiger partial charge is 0.484 e. The Labute approximate surface area is 181 Å². The van der Waals surface area contributed by atoms with Crippen molar-refractivity contribution >= 4 is 27.5 Å². The Hall–Kier alpha value is -2.30. The molecule has 166 valence electrons. The van der Waals surface area contributed by atoms with Crippen molar-refractivity contribution in [2.75, 3.05) is 6.61 Å². The third-order valence-corrected chi connectivity index (χ3v) is 7.17. The Morgan fingerprint density at radius 2 is 1.71 bits per heavy atom. The maximum Gasteiger partial charge on any atom is 0.258 e. The highest BCUT2D eigenvalue weighted by Crippen LogP contribution is 2.60. The maximum absolute atomic E-state index is 13.4. The molecule has 0 spiro atoms. The third kappa shape index (κ3) is 4.65. The Morgan fingerprint density at radius 1 is 1.00 bits per heavy atom. The van der Waals surface area contributed by atoms with E-state index in [0.29, 0.717) is 19.3 Å². The second-order valence-electron chi connectivity index (χ2n) is 8.11. The minimum Gasteiger partial charge on any atom is -0.484 e. The van der Waals surface area contributed by atoms with Crippen molar-refractivity contribution in [3.63, 3.8) is 0 Å². The summed E-state index contributed by atoms with van der Waals surface area (Å²) in [6.45, 7) is -0.322. The van der Waals surface area contributed by atoms with Crippen LogP contribution in [0.1, 0.15) is 24.8 Å². The van der Waals surface area contributed by atoms with Crippen LogP contribution in [0.15, 0.2) is 36.4 Å². The molecule has 2 aromatic rings. The molecule has 3 fully saturated rings. The van der Waals surface area contributed by atoms with E-state index in [1.807, 2.05) is 0 Å². The van der Waals surface area contributed by atoms with Crippen LogP contribution in [0.3, 0.4) is 0 Å². The average Bonchev–Trinajstić information content (AvgIpc) is 2.62. The third-order valence-electron chi connectivity index (χ3n) is 5.41. The highest BCUT2D eigenvalue weighted by atomic mass is 35.5. The summed E-state index contributed by atoms with van der Waals surface area (Å²) >= 11 is 5.59. The van der Waals surface area contributed by atoms with E-state index >= 15 is 0 Å². The number of hydrogen-bond acceptors (Lipinski definition) is 4. The molecule has 2 aromatic carbocycles. The van der Waals surface area contributed by atoms with E-state index in [-0.39, 0.29) is 22.9 Å². The molecular weight excluding hydrogens is 457 g/mol. The van der Waals surface area contributed by atoms with Crippen molar-refractivity contribution in [1.29, 1.82) is 0 Å². The Balaban J connectivity index is 1.25. The summed E-state index contributed by atoms with van der Waals surface area (Å²) in [6, 6.07) is 6.79. The van der Waals surface area contributed by atoms with Crippen molar-refractivity contribution in [1.82, 2.24) is 10.0 Å². The molecule has 3 aliphatic rings. The highest BCUT2D eigenvalue weighted by molar-refractivity contribution is 7.88. The first-order valence-corrected chi connectivity index (χ1v) is 11.4. The first-order chi connectivity index (χ1) is 14.5. The van der Waals surface area contributed by atoms with Crippen LogP contribution in [0.2, 0.25) is 5.02 Å². The molecule has 0 unspecified atom stereocenters. The summed E-state index contributed by atoms with van der Waals surface area (Å²) in [5.41, 5.74) is -1.02. The molecule has 0 aromatic heterocycles. The van der Waals surface area contributed by atoms with Crippen molar-refractivity contribution in [3.8, 4) is 5.75 Å². The lowest BCUT2D eigenvalue weighted by Crippen LogP contribution is -2.83. The standard InChI is InChI=1S/C20H18ClF3N2O4S/c21-14-3-2-13(6-16(14)23)30-7-18(27)25-19-9-20(10-19,11-19)26-31(28,29)8-12-1-4-15(22)17(24)5-12/h1-6,26H,7-11H2,(H,25,27). The molecule has 5 rings (SSSR count). The predicted molar refractivity (Wildman–Crippen MR) is 106 cm³/mol. The topological polar surface area (TPSA) is 84.5 Å². The normalized spacial score (nSPS) is 24.1. The summed E-state index contributed by atoms with van der Waals surface area (Å²) in [5, 5.41) is 2.77. The first-order valence-electron chi connectivity index (χ1n) is 9.33. The number of sulfonamides is 1. The van der Waals surface area contributed by atoms with Gasteiger partial charge in [-0.05, 0) is 49.1 Å². The quantitative estimate of drug-likeness (QED) is 0.616. The van der Waals surface area contributed by atoms with Gasteiger partial charge in [0.25, 0.3) is 5.91 Å². The van der Waals surface area contributed by atoms with Crippen LogP contribution in [0.25, 0.3) is 0 Å². The fraction of sp³-hybridized carbons (Fsp3) is 0.350. The highest BCUT2D eigenvalue weighted by Gasteiger charge is 2.69. The number of rotatable bonds is 8. The monoisotopic (exact) mass is 474 g/mol. The smallest absolute Gasteiger partial charge is 0.258 e. The predicted octanol–water partition coefficient (Wildman–Crippen LogP) is 3.05. The first kappa shape index (κ1) is 21.9.